The fourth-order valence-electron chi connectivity index (χ4n) is 1.50. The van der Waals surface area contributed by atoms with E-state index in [4.69, 9.17) is 0 Å². The zero-order valence-electron chi connectivity index (χ0n) is 10.7. The number of tetrazole rings is 1. The van der Waals surface area contributed by atoms with E-state index in [1.54, 1.807) is 28.9 Å². The summed E-state index contributed by atoms with van der Waals surface area (Å²) in [5, 5.41) is 11.9. The van der Waals surface area contributed by atoms with E-state index in [9.17, 15) is 8.42 Å². The van der Waals surface area contributed by atoms with E-state index < -0.39 is 9.84 Å². The van der Waals surface area contributed by atoms with Crippen molar-refractivity contribution in [1.29, 1.82) is 0 Å². The third-order valence-corrected chi connectivity index (χ3v) is 6.03. The summed E-state index contributed by atoms with van der Waals surface area (Å²) >= 11 is 4.62. The highest BCUT2D eigenvalue weighted by atomic mass is 79.9. The fourth-order valence-corrected chi connectivity index (χ4v) is 4.35. The van der Waals surface area contributed by atoms with E-state index in [1.807, 2.05) is 6.92 Å². The molecule has 0 saturated carbocycles. The van der Waals surface area contributed by atoms with E-state index >= 15 is 0 Å². The van der Waals surface area contributed by atoms with Gasteiger partial charge in [0.1, 0.15) is 0 Å². The Hall–Kier alpha value is -0.930. The number of sulfone groups is 1. The summed E-state index contributed by atoms with van der Waals surface area (Å²) in [6.07, 6.45) is 0. The molecule has 0 saturated heterocycles. The van der Waals surface area contributed by atoms with Crippen molar-refractivity contribution < 1.29 is 8.42 Å². The minimum Gasteiger partial charge on any atom is -0.224 e. The number of aromatic nitrogens is 4. The largest absolute Gasteiger partial charge is 0.224 e. The lowest BCUT2D eigenvalue weighted by molar-refractivity contribution is 0.581. The van der Waals surface area contributed by atoms with E-state index in [1.165, 1.54) is 11.8 Å². The van der Waals surface area contributed by atoms with Crippen LogP contribution in [0.25, 0.3) is 0 Å². The smallest absolute Gasteiger partial charge is 0.209 e. The first-order valence-electron chi connectivity index (χ1n) is 5.90. The molecule has 0 bridgehead atoms. The molecule has 0 amide bonds. The zero-order valence-corrected chi connectivity index (χ0v) is 13.9. The Labute approximate surface area is 130 Å². The molecule has 0 radical (unpaired) electrons. The van der Waals surface area contributed by atoms with Gasteiger partial charge in [0.05, 0.1) is 10.6 Å². The Bertz CT molecular complexity index is 670. The lowest BCUT2D eigenvalue weighted by Gasteiger charge is -2.04. The minimum absolute atomic E-state index is 0.0515. The summed E-state index contributed by atoms with van der Waals surface area (Å²) in [5.74, 6) is 0.467. The summed E-state index contributed by atoms with van der Waals surface area (Å²) in [5.41, 5.74) is 0. The second kappa shape index (κ2) is 6.68. The Balaban J connectivity index is 1.98. The standard InChI is InChI=1S/C11H13BrN4O2S2/c1-2-16-11(13-14-15-16)19-7-8-20(17,18)10-5-3-9(12)4-6-10/h3-6H,2,7-8H2,1H3. The van der Waals surface area contributed by atoms with Crippen molar-refractivity contribution >= 4 is 37.5 Å². The topological polar surface area (TPSA) is 77.7 Å². The molecule has 0 fully saturated rings. The predicted molar refractivity (Wildman–Crippen MR) is 80.4 cm³/mol. The van der Waals surface area contributed by atoms with Crippen LogP contribution >= 0.6 is 27.7 Å². The van der Waals surface area contributed by atoms with Gasteiger partial charge < -0.3 is 0 Å². The van der Waals surface area contributed by atoms with Crippen LogP contribution in [-0.2, 0) is 16.4 Å². The number of benzene rings is 1. The quantitative estimate of drug-likeness (QED) is 0.717. The lowest BCUT2D eigenvalue weighted by Crippen LogP contribution is -2.09. The van der Waals surface area contributed by atoms with Crippen molar-refractivity contribution in [1.82, 2.24) is 20.2 Å². The molecule has 0 unspecified atom stereocenters. The van der Waals surface area contributed by atoms with Gasteiger partial charge in [0, 0.05) is 16.8 Å². The molecule has 108 valence electrons. The maximum atomic E-state index is 12.1. The van der Waals surface area contributed by atoms with Crippen LogP contribution in [0.15, 0.2) is 38.8 Å². The molecule has 6 nitrogen and oxygen atoms in total. The van der Waals surface area contributed by atoms with Gasteiger partial charge in [-0.15, -0.1) is 5.10 Å². The fraction of sp³-hybridized carbons (Fsp3) is 0.364. The normalized spacial score (nSPS) is 11.7. The Morgan fingerprint density at radius 2 is 2.00 bits per heavy atom. The van der Waals surface area contributed by atoms with Crippen LogP contribution in [0.5, 0.6) is 0 Å². The molecule has 0 spiro atoms. The highest BCUT2D eigenvalue weighted by Gasteiger charge is 2.15. The van der Waals surface area contributed by atoms with Gasteiger partial charge in [-0.2, -0.15) is 0 Å². The minimum atomic E-state index is -3.27. The van der Waals surface area contributed by atoms with Crippen LogP contribution in [0.1, 0.15) is 6.92 Å². The van der Waals surface area contributed by atoms with Crippen molar-refractivity contribution in [2.75, 3.05) is 11.5 Å². The van der Waals surface area contributed by atoms with E-state index in [2.05, 4.69) is 31.5 Å². The molecule has 1 aromatic heterocycles. The molecule has 2 aromatic rings. The molecule has 0 atom stereocenters. The number of thioether (sulfide) groups is 1. The van der Waals surface area contributed by atoms with Crippen LogP contribution in [0.4, 0.5) is 0 Å². The SMILES string of the molecule is CCn1nnnc1SCCS(=O)(=O)c1ccc(Br)cc1. The Morgan fingerprint density at radius 3 is 2.65 bits per heavy atom. The van der Waals surface area contributed by atoms with Gasteiger partial charge in [-0.25, -0.2) is 13.1 Å². The number of halogens is 1. The first-order chi connectivity index (χ1) is 9.53. The molecule has 0 aliphatic rings. The average molecular weight is 377 g/mol. The van der Waals surface area contributed by atoms with Crippen LogP contribution < -0.4 is 0 Å². The molecule has 20 heavy (non-hydrogen) atoms. The molecular formula is C11H13BrN4O2S2. The summed E-state index contributed by atoms with van der Waals surface area (Å²) in [4.78, 5) is 0.330. The summed E-state index contributed by atoms with van der Waals surface area (Å²) in [6, 6.07) is 6.63. The van der Waals surface area contributed by atoms with E-state index in [-0.39, 0.29) is 5.75 Å². The molecule has 0 N–H and O–H groups in total. The summed E-state index contributed by atoms with van der Waals surface area (Å²) in [6.45, 7) is 2.59. The van der Waals surface area contributed by atoms with Gasteiger partial charge in [0.2, 0.25) is 5.16 Å². The average Bonchev–Trinajstić information content (AvgIpc) is 2.86. The monoisotopic (exact) mass is 376 g/mol. The van der Waals surface area contributed by atoms with Gasteiger partial charge in [0.25, 0.3) is 0 Å². The second-order valence-electron chi connectivity index (χ2n) is 3.90. The Morgan fingerprint density at radius 1 is 1.30 bits per heavy atom. The number of hydrogen-bond donors (Lipinski definition) is 0. The van der Waals surface area contributed by atoms with Gasteiger partial charge in [0.15, 0.2) is 9.84 Å². The number of aryl methyl sites for hydroxylation is 1. The molecule has 0 aliphatic heterocycles. The number of hydrogen-bond acceptors (Lipinski definition) is 6. The van der Waals surface area contributed by atoms with Gasteiger partial charge in [-0.3, -0.25) is 0 Å². The highest BCUT2D eigenvalue weighted by molar-refractivity contribution is 9.10. The van der Waals surface area contributed by atoms with Gasteiger partial charge in [-0.1, -0.05) is 27.7 Å². The zero-order chi connectivity index (χ0) is 14.6. The van der Waals surface area contributed by atoms with E-state index in [0.29, 0.717) is 22.3 Å². The molecule has 1 aromatic carbocycles. The third-order valence-electron chi connectivity index (χ3n) is 2.55. The molecule has 2 rings (SSSR count). The van der Waals surface area contributed by atoms with Crippen LogP contribution in [0, 0.1) is 0 Å². The Kier molecular flexibility index (Phi) is 5.17. The van der Waals surface area contributed by atoms with Crippen molar-refractivity contribution in [2.45, 2.75) is 23.5 Å². The molecule has 0 aliphatic carbocycles. The maximum Gasteiger partial charge on any atom is 0.209 e. The van der Waals surface area contributed by atoms with Gasteiger partial charge in [-0.05, 0) is 41.6 Å². The maximum absolute atomic E-state index is 12.1. The predicted octanol–water partition coefficient (Wildman–Crippen LogP) is 2.02. The van der Waals surface area contributed by atoms with Gasteiger partial charge >= 0.3 is 0 Å². The summed E-state index contributed by atoms with van der Waals surface area (Å²) < 4.78 is 26.8. The van der Waals surface area contributed by atoms with Crippen molar-refractivity contribution in [3.8, 4) is 0 Å². The van der Waals surface area contributed by atoms with Crippen molar-refractivity contribution in [3.63, 3.8) is 0 Å². The molecule has 9 heteroatoms. The second-order valence-corrected chi connectivity index (χ2v) is 7.99. The third kappa shape index (κ3) is 3.80. The van der Waals surface area contributed by atoms with Crippen molar-refractivity contribution in [3.05, 3.63) is 28.7 Å². The first-order valence-corrected chi connectivity index (χ1v) is 9.33. The molecule has 1 heterocycles. The van der Waals surface area contributed by atoms with Crippen LogP contribution in [-0.4, -0.2) is 40.1 Å². The van der Waals surface area contributed by atoms with Crippen LogP contribution in [0.2, 0.25) is 0 Å². The summed E-state index contributed by atoms with van der Waals surface area (Å²) in [7, 11) is -3.27. The van der Waals surface area contributed by atoms with Crippen LogP contribution in [0.3, 0.4) is 0 Å². The van der Waals surface area contributed by atoms with E-state index in [0.717, 1.165) is 4.47 Å². The number of nitrogens with zero attached hydrogens (tertiary/aromatic N) is 4. The lowest BCUT2D eigenvalue weighted by atomic mass is 10.4. The first kappa shape index (κ1) is 15.5. The number of rotatable bonds is 6. The highest BCUT2D eigenvalue weighted by Crippen LogP contribution is 2.19. The van der Waals surface area contributed by atoms with Crippen molar-refractivity contribution in [2.24, 2.45) is 0 Å². The molecular weight excluding hydrogens is 364 g/mol.